The van der Waals surface area contributed by atoms with E-state index >= 15 is 0 Å². The van der Waals surface area contributed by atoms with Crippen molar-refractivity contribution in [1.29, 1.82) is 0 Å². The third kappa shape index (κ3) is 6.08. The van der Waals surface area contributed by atoms with Gasteiger partial charge in [0.15, 0.2) is 5.41 Å². The molecule has 0 bridgehead atoms. The molecule has 0 radical (unpaired) electrons. The molecule has 0 heterocycles. The number of hydrogen-bond donors (Lipinski definition) is 2. The maximum Gasteiger partial charge on any atom is 0.321 e. The largest absolute Gasteiger partial charge is 0.480 e. The molecule has 0 spiro atoms. The van der Waals surface area contributed by atoms with Gasteiger partial charge in [-0.25, -0.2) is 0 Å². The molecule has 0 saturated heterocycles. The standard InChI is InChI=1S/C15H28O4/c1-11(2)7-5-9-15(13(16)17,14(18)19)10-6-8-12(3)4/h11-12H,5-10H2,1-4H3,(H,16,17)(H,18,19). The van der Waals surface area contributed by atoms with Crippen molar-refractivity contribution < 1.29 is 19.8 Å². The number of aliphatic carboxylic acids is 2. The molecule has 0 aromatic carbocycles. The van der Waals surface area contributed by atoms with Gasteiger partial charge in [-0.3, -0.25) is 9.59 Å². The zero-order chi connectivity index (χ0) is 15.1. The maximum absolute atomic E-state index is 11.4. The van der Waals surface area contributed by atoms with Crippen molar-refractivity contribution in [2.75, 3.05) is 0 Å². The minimum Gasteiger partial charge on any atom is -0.480 e. The van der Waals surface area contributed by atoms with Crippen LogP contribution in [-0.2, 0) is 9.59 Å². The molecule has 0 aromatic heterocycles. The first-order valence-electron chi connectivity index (χ1n) is 7.19. The molecular weight excluding hydrogens is 244 g/mol. The summed E-state index contributed by atoms with van der Waals surface area (Å²) in [5.41, 5.74) is -1.59. The van der Waals surface area contributed by atoms with Gasteiger partial charge in [-0.05, 0) is 24.7 Å². The topological polar surface area (TPSA) is 74.6 Å². The van der Waals surface area contributed by atoms with Gasteiger partial charge in [-0.2, -0.15) is 0 Å². The Morgan fingerprint density at radius 1 is 0.842 bits per heavy atom. The highest BCUT2D eigenvalue weighted by Crippen LogP contribution is 2.33. The second-order valence-corrected chi connectivity index (χ2v) is 6.26. The molecule has 0 atom stereocenters. The van der Waals surface area contributed by atoms with Gasteiger partial charge < -0.3 is 10.2 Å². The minimum absolute atomic E-state index is 0.230. The molecule has 0 aliphatic rings. The van der Waals surface area contributed by atoms with Crippen LogP contribution >= 0.6 is 0 Å². The normalized spacial score (nSPS) is 12.1. The van der Waals surface area contributed by atoms with E-state index < -0.39 is 17.4 Å². The van der Waals surface area contributed by atoms with Gasteiger partial charge in [0.05, 0.1) is 0 Å². The monoisotopic (exact) mass is 272 g/mol. The molecule has 0 aliphatic carbocycles. The highest BCUT2D eigenvalue weighted by Gasteiger charge is 2.45. The van der Waals surface area contributed by atoms with Crippen LogP contribution in [0.25, 0.3) is 0 Å². The third-order valence-corrected chi connectivity index (χ3v) is 3.59. The molecule has 0 saturated carbocycles. The average Bonchev–Trinajstić information content (AvgIpc) is 2.25. The van der Waals surface area contributed by atoms with Crippen LogP contribution in [-0.4, -0.2) is 22.2 Å². The van der Waals surface area contributed by atoms with Crippen molar-refractivity contribution in [3.05, 3.63) is 0 Å². The van der Waals surface area contributed by atoms with Crippen LogP contribution in [0.3, 0.4) is 0 Å². The van der Waals surface area contributed by atoms with E-state index in [4.69, 9.17) is 0 Å². The summed E-state index contributed by atoms with van der Waals surface area (Å²) in [4.78, 5) is 22.9. The molecule has 0 aliphatic heterocycles. The van der Waals surface area contributed by atoms with E-state index in [0.29, 0.717) is 24.7 Å². The lowest BCUT2D eigenvalue weighted by atomic mass is 9.77. The lowest BCUT2D eigenvalue weighted by Crippen LogP contribution is -2.39. The van der Waals surface area contributed by atoms with Crippen LogP contribution in [0.5, 0.6) is 0 Å². The van der Waals surface area contributed by atoms with Crippen molar-refractivity contribution in [3.8, 4) is 0 Å². The fourth-order valence-corrected chi connectivity index (χ4v) is 2.27. The van der Waals surface area contributed by atoms with Gasteiger partial charge in [-0.15, -0.1) is 0 Å². The molecule has 4 heteroatoms. The summed E-state index contributed by atoms with van der Waals surface area (Å²) in [5, 5.41) is 18.7. The molecule has 19 heavy (non-hydrogen) atoms. The summed E-state index contributed by atoms with van der Waals surface area (Å²) in [5.74, 6) is -1.44. The Kier molecular flexibility index (Phi) is 7.72. The molecular formula is C15H28O4. The first-order valence-corrected chi connectivity index (χ1v) is 7.19. The lowest BCUT2D eigenvalue weighted by Gasteiger charge is -2.25. The highest BCUT2D eigenvalue weighted by molar-refractivity contribution is 5.98. The Morgan fingerprint density at radius 2 is 1.16 bits per heavy atom. The molecule has 0 rings (SSSR count). The summed E-state index contributed by atoms with van der Waals surface area (Å²) in [6, 6.07) is 0. The van der Waals surface area contributed by atoms with E-state index in [1.807, 2.05) is 0 Å². The molecule has 0 unspecified atom stereocenters. The number of carboxylic acids is 2. The van der Waals surface area contributed by atoms with Gasteiger partial charge in [0.25, 0.3) is 0 Å². The van der Waals surface area contributed by atoms with E-state index in [-0.39, 0.29) is 12.8 Å². The van der Waals surface area contributed by atoms with E-state index in [1.165, 1.54) is 0 Å². The van der Waals surface area contributed by atoms with Gasteiger partial charge >= 0.3 is 11.9 Å². The summed E-state index contributed by atoms with van der Waals surface area (Å²) in [7, 11) is 0. The van der Waals surface area contributed by atoms with Crippen molar-refractivity contribution in [2.45, 2.75) is 66.2 Å². The van der Waals surface area contributed by atoms with Crippen LogP contribution in [0, 0.1) is 17.3 Å². The zero-order valence-electron chi connectivity index (χ0n) is 12.6. The SMILES string of the molecule is CC(C)CCCC(CCCC(C)C)(C(=O)O)C(=O)O. The molecule has 0 amide bonds. The predicted molar refractivity (Wildman–Crippen MR) is 75.1 cm³/mol. The van der Waals surface area contributed by atoms with Crippen LogP contribution in [0.2, 0.25) is 0 Å². The van der Waals surface area contributed by atoms with Crippen LogP contribution in [0.15, 0.2) is 0 Å². The van der Waals surface area contributed by atoms with Gasteiger partial charge in [0.2, 0.25) is 0 Å². The Labute approximate surface area is 116 Å². The third-order valence-electron chi connectivity index (χ3n) is 3.59. The molecule has 112 valence electrons. The molecule has 2 N–H and O–H groups in total. The molecule has 4 nitrogen and oxygen atoms in total. The highest BCUT2D eigenvalue weighted by atomic mass is 16.4. The Balaban J connectivity index is 4.69. The number of hydrogen-bond acceptors (Lipinski definition) is 2. The van der Waals surface area contributed by atoms with Gasteiger partial charge in [0, 0.05) is 0 Å². The molecule has 0 aromatic rings. The van der Waals surface area contributed by atoms with Crippen molar-refractivity contribution in [1.82, 2.24) is 0 Å². The van der Waals surface area contributed by atoms with E-state index in [1.54, 1.807) is 0 Å². The summed E-state index contributed by atoms with van der Waals surface area (Å²) < 4.78 is 0. The van der Waals surface area contributed by atoms with Gasteiger partial charge in [-0.1, -0.05) is 53.4 Å². The van der Waals surface area contributed by atoms with Crippen LogP contribution in [0.1, 0.15) is 66.2 Å². The minimum atomic E-state index is -1.59. The number of carboxylic acid groups (broad SMARTS) is 2. The Morgan fingerprint density at radius 3 is 1.37 bits per heavy atom. The van der Waals surface area contributed by atoms with E-state index in [0.717, 1.165) is 12.8 Å². The second-order valence-electron chi connectivity index (χ2n) is 6.26. The first-order chi connectivity index (χ1) is 8.72. The quantitative estimate of drug-likeness (QED) is 0.593. The van der Waals surface area contributed by atoms with E-state index in [9.17, 15) is 19.8 Å². The van der Waals surface area contributed by atoms with Crippen molar-refractivity contribution in [3.63, 3.8) is 0 Å². The second kappa shape index (κ2) is 8.18. The average molecular weight is 272 g/mol. The summed E-state index contributed by atoms with van der Waals surface area (Å²) in [6.07, 6.45) is 3.50. The fraction of sp³-hybridized carbons (Fsp3) is 0.867. The summed E-state index contributed by atoms with van der Waals surface area (Å²) in [6.45, 7) is 8.23. The van der Waals surface area contributed by atoms with Crippen molar-refractivity contribution >= 4 is 11.9 Å². The van der Waals surface area contributed by atoms with Crippen LogP contribution in [0.4, 0.5) is 0 Å². The number of carbonyl (C=O) groups is 2. The van der Waals surface area contributed by atoms with Gasteiger partial charge in [0.1, 0.15) is 0 Å². The summed E-state index contributed by atoms with van der Waals surface area (Å²) >= 11 is 0. The Hall–Kier alpha value is -1.06. The van der Waals surface area contributed by atoms with E-state index in [2.05, 4.69) is 27.7 Å². The van der Waals surface area contributed by atoms with Crippen LogP contribution < -0.4 is 0 Å². The smallest absolute Gasteiger partial charge is 0.321 e. The molecule has 0 fully saturated rings. The Bertz CT molecular complexity index is 265. The maximum atomic E-state index is 11.4. The zero-order valence-corrected chi connectivity index (χ0v) is 12.6. The number of rotatable bonds is 10. The predicted octanol–water partition coefficient (Wildman–Crippen LogP) is 3.79. The first kappa shape index (κ1) is 17.9. The van der Waals surface area contributed by atoms with Crippen molar-refractivity contribution in [2.24, 2.45) is 17.3 Å². The fourth-order valence-electron chi connectivity index (χ4n) is 2.27. The lowest BCUT2D eigenvalue weighted by molar-refractivity contribution is -0.166.